The largest absolute Gasteiger partial charge is 0.494 e. The molecular weight excluding hydrogens is 718 g/mol. The molecule has 7 nitrogen and oxygen atoms in total. The number of hydrogen-bond acceptors (Lipinski definition) is 7. The Morgan fingerprint density at radius 3 is 1.13 bits per heavy atom. The van der Waals surface area contributed by atoms with E-state index in [1.54, 1.807) is 0 Å². The number of fused-ring (bicyclic) bond motifs is 2. The topological polar surface area (TPSA) is 64.6 Å². The zero-order chi connectivity index (χ0) is 40.9. The van der Waals surface area contributed by atoms with Gasteiger partial charge in [0, 0.05) is 0 Å². The molecule has 0 saturated carbocycles. The predicted octanol–water partition coefficient (Wildman–Crippen LogP) is 8.01. The van der Waals surface area contributed by atoms with Crippen LogP contribution in [0.5, 0.6) is 11.5 Å². The second-order valence-corrected chi connectivity index (χ2v) is 28.0. The molecule has 4 aliphatic heterocycles. The summed E-state index contributed by atoms with van der Waals surface area (Å²) in [6.45, 7) is 41.0. The van der Waals surface area contributed by atoms with E-state index < -0.39 is 42.3 Å². The van der Waals surface area contributed by atoms with Crippen molar-refractivity contribution in [2.75, 3.05) is 0 Å². The van der Waals surface area contributed by atoms with Crippen LogP contribution in [0.3, 0.4) is 0 Å². The first-order valence-corrected chi connectivity index (χ1v) is 26.9. The van der Waals surface area contributed by atoms with Gasteiger partial charge in [-0.2, -0.15) is 0 Å². The van der Waals surface area contributed by atoms with Crippen molar-refractivity contribution in [2.24, 2.45) is 10.8 Å². The van der Waals surface area contributed by atoms with Crippen molar-refractivity contribution in [2.45, 2.75) is 194 Å². The van der Waals surface area contributed by atoms with Crippen LogP contribution >= 0.6 is 0 Å². The summed E-state index contributed by atoms with van der Waals surface area (Å²) in [5.41, 5.74) is 2.58. The predicted molar refractivity (Wildman–Crippen MR) is 233 cm³/mol. The molecule has 2 aromatic carbocycles. The van der Waals surface area contributed by atoms with E-state index in [1.165, 1.54) is 11.1 Å². The Hall–Kier alpha value is -1.60. The van der Waals surface area contributed by atoms with Crippen LogP contribution in [0.2, 0.25) is 26.2 Å². The lowest BCUT2D eigenvalue weighted by Gasteiger charge is -2.62. The highest BCUT2D eigenvalue weighted by atomic mass is 28.3. The summed E-state index contributed by atoms with van der Waals surface area (Å²) in [6, 6.07) is 13.0. The fourth-order valence-corrected chi connectivity index (χ4v) is 16.5. The van der Waals surface area contributed by atoms with Crippen molar-refractivity contribution in [1.82, 2.24) is 0 Å². The fourth-order valence-electron chi connectivity index (χ4n) is 10.1. The molecular formula is C44H72B2O7Si2. The molecule has 4 heterocycles. The van der Waals surface area contributed by atoms with Crippen LogP contribution in [-0.2, 0) is 36.2 Å². The van der Waals surface area contributed by atoms with Gasteiger partial charge in [0.05, 0.1) is 50.4 Å². The molecule has 304 valence electrons. The number of ether oxygens (including phenoxy) is 3. The van der Waals surface area contributed by atoms with Crippen molar-refractivity contribution < 1.29 is 32.8 Å². The Morgan fingerprint density at radius 2 is 0.855 bits per heavy atom. The van der Waals surface area contributed by atoms with Crippen LogP contribution < -0.4 is 20.4 Å². The molecule has 0 aliphatic carbocycles. The highest BCUT2D eigenvalue weighted by Crippen LogP contribution is 2.53. The van der Waals surface area contributed by atoms with Gasteiger partial charge in [0.25, 0.3) is 0 Å². The van der Waals surface area contributed by atoms with Crippen LogP contribution in [0, 0.1) is 10.8 Å². The summed E-state index contributed by atoms with van der Waals surface area (Å²) in [7, 11) is -4.02. The average molecular weight is 791 g/mol. The van der Waals surface area contributed by atoms with Gasteiger partial charge in [-0.3, -0.25) is 0 Å². The van der Waals surface area contributed by atoms with E-state index in [1.807, 2.05) is 0 Å². The zero-order valence-corrected chi connectivity index (χ0v) is 39.9. The van der Waals surface area contributed by atoms with Gasteiger partial charge in [-0.05, 0) is 126 Å². The first kappa shape index (κ1) is 43.0. The maximum Gasteiger partial charge on any atom is 0.494 e. The van der Waals surface area contributed by atoms with Crippen LogP contribution in [0.15, 0.2) is 36.4 Å². The molecule has 55 heavy (non-hydrogen) atoms. The Morgan fingerprint density at radius 1 is 0.545 bits per heavy atom. The van der Waals surface area contributed by atoms with Crippen molar-refractivity contribution in [1.29, 1.82) is 0 Å². The van der Waals surface area contributed by atoms with Crippen LogP contribution in [0.25, 0.3) is 0 Å². The minimum Gasteiger partial charge on any atom is -0.487 e. The Kier molecular flexibility index (Phi) is 11.0. The number of hydrogen-bond donors (Lipinski definition) is 0. The highest BCUT2D eigenvalue weighted by Gasteiger charge is 2.64. The van der Waals surface area contributed by atoms with Crippen LogP contribution in [0.1, 0.15) is 121 Å². The quantitative estimate of drug-likeness (QED) is 0.251. The van der Waals surface area contributed by atoms with Gasteiger partial charge in [-0.15, -0.1) is 0 Å². The molecule has 0 radical (unpaired) electrons. The molecule has 4 atom stereocenters. The van der Waals surface area contributed by atoms with E-state index >= 15 is 0 Å². The van der Waals surface area contributed by atoms with E-state index in [2.05, 4.69) is 160 Å². The molecule has 2 aromatic rings. The average Bonchev–Trinajstić information content (AvgIpc) is 3.42. The Balaban J connectivity index is 1.33. The normalized spacial score (nSPS) is 26.5. The third-order valence-electron chi connectivity index (χ3n) is 14.5. The first-order valence-electron chi connectivity index (χ1n) is 21.1. The van der Waals surface area contributed by atoms with Gasteiger partial charge >= 0.3 is 14.2 Å². The smallest absolute Gasteiger partial charge is 0.487 e. The molecule has 0 amide bonds. The second kappa shape index (κ2) is 14.0. The first-order chi connectivity index (χ1) is 25.1. The lowest BCUT2D eigenvalue weighted by atomic mass is 9.76. The second-order valence-electron chi connectivity index (χ2n) is 21.7. The highest BCUT2D eigenvalue weighted by molar-refractivity contribution is 6.63. The minimum atomic E-state index is -1.62. The molecule has 0 bridgehead atoms. The number of rotatable bonds is 8. The molecule has 2 fully saturated rings. The van der Waals surface area contributed by atoms with E-state index in [0.29, 0.717) is 0 Å². The van der Waals surface area contributed by atoms with Gasteiger partial charge in [-0.1, -0.05) is 92.0 Å². The molecule has 0 spiro atoms. The van der Waals surface area contributed by atoms with Gasteiger partial charge in [0.2, 0.25) is 0 Å². The Labute approximate surface area is 338 Å². The van der Waals surface area contributed by atoms with Gasteiger partial charge in [0.15, 0.2) is 0 Å². The lowest BCUT2D eigenvalue weighted by Crippen LogP contribution is -2.75. The van der Waals surface area contributed by atoms with Crippen molar-refractivity contribution in [3.63, 3.8) is 0 Å². The lowest BCUT2D eigenvalue weighted by molar-refractivity contribution is -0.229. The molecule has 0 aromatic heterocycles. The molecule has 11 heteroatoms. The SMILES string of the molecule is C[SiH](C)C(OC([C@H]1CCc2cc(B3OC(C)(C)C(C)(C)O3)ccc2O1)([SiH](C)C)C(C)(C)C)([C@H]1CCc2cc(B3OC(C)(C)C(C)(C)O3)ccc2O1)C(C)(C)C. The van der Waals surface area contributed by atoms with E-state index in [4.69, 9.17) is 32.8 Å². The number of aryl methyl sites for hydroxylation is 2. The van der Waals surface area contributed by atoms with Crippen molar-refractivity contribution >= 4 is 42.8 Å². The monoisotopic (exact) mass is 791 g/mol. The molecule has 4 aliphatic rings. The van der Waals surface area contributed by atoms with Gasteiger partial charge in [0.1, 0.15) is 23.7 Å². The summed E-state index contributed by atoms with van der Waals surface area (Å²) in [4.78, 5) is 0. The molecule has 2 saturated heterocycles. The van der Waals surface area contributed by atoms with Gasteiger partial charge < -0.3 is 32.8 Å². The third kappa shape index (κ3) is 7.16. The minimum absolute atomic E-state index is 0.0952. The van der Waals surface area contributed by atoms with Crippen molar-refractivity contribution in [3.8, 4) is 11.5 Å². The van der Waals surface area contributed by atoms with Crippen molar-refractivity contribution in [3.05, 3.63) is 47.5 Å². The summed E-state index contributed by atoms with van der Waals surface area (Å²) >= 11 is 0. The summed E-state index contributed by atoms with van der Waals surface area (Å²) in [5, 5.41) is -0.965. The van der Waals surface area contributed by atoms with Gasteiger partial charge in [-0.25, -0.2) is 0 Å². The number of benzene rings is 2. The third-order valence-corrected chi connectivity index (χ3v) is 20.6. The maximum atomic E-state index is 8.28. The van der Waals surface area contributed by atoms with E-state index in [-0.39, 0.29) is 45.4 Å². The van der Waals surface area contributed by atoms with Crippen LogP contribution in [-0.4, -0.2) is 76.9 Å². The van der Waals surface area contributed by atoms with E-state index in [9.17, 15) is 0 Å². The summed E-state index contributed by atoms with van der Waals surface area (Å²) < 4.78 is 48.5. The summed E-state index contributed by atoms with van der Waals surface area (Å²) in [5.74, 6) is 1.90. The van der Waals surface area contributed by atoms with E-state index in [0.717, 1.165) is 48.1 Å². The molecule has 6 rings (SSSR count). The van der Waals surface area contributed by atoms with Crippen LogP contribution in [0.4, 0.5) is 0 Å². The molecule has 2 unspecified atom stereocenters. The fraction of sp³-hybridized carbons (Fsp3) is 0.727. The zero-order valence-electron chi connectivity index (χ0n) is 37.6. The maximum absolute atomic E-state index is 8.28. The molecule has 0 N–H and O–H groups in total. The summed E-state index contributed by atoms with van der Waals surface area (Å²) in [6.07, 6.45) is 3.41. The standard InChI is InChI=1S/C44H72B2O7Si2/c1-37(2,3)43(54(15)16,35-25-19-29-27-31(21-23-33(29)47-35)45-50-39(7,8)40(9,10)51-45)49-44(55(17)18,38(4,5)6)36-26-20-30-28-32(22-24-34(30)48-36)46-52-41(11,12)42(13,14)53-46/h21-24,27-28,35-36,54-55H,19-20,25-26H2,1-18H3/t35-,36-,43?,44?/m1/s1. The Bertz CT molecular complexity index is 1590.